The molecule has 0 aromatic heterocycles. The number of hydrogen-bond acceptors (Lipinski definition) is 9. The number of ether oxygens (including phenoxy) is 4. The van der Waals surface area contributed by atoms with E-state index >= 15 is 4.79 Å². The third-order valence-corrected chi connectivity index (χ3v) is 17.2. The molecule has 10 bridgehead atoms. The van der Waals surface area contributed by atoms with Crippen molar-refractivity contribution in [3.8, 4) is 0 Å². The second kappa shape index (κ2) is 11.9. The lowest BCUT2D eigenvalue weighted by molar-refractivity contribution is -0.228. The van der Waals surface area contributed by atoms with Crippen molar-refractivity contribution in [1.82, 2.24) is 0 Å². The molecule has 10 saturated carbocycles. The van der Waals surface area contributed by atoms with Gasteiger partial charge < -0.3 is 24.1 Å². The van der Waals surface area contributed by atoms with Crippen LogP contribution in [0.3, 0.4) is 0 Å². The van der Waals surface area contributed by atoms with Crippen molar-refractivity contribution in [2.45, 2.75) is 180 Å². The molecule has 9 nitrogen and oxygen atoms in total. The first kappa shape index (κ1) is 36.5. The summed E-state index contributed by atoms with van der Waals surface area (Å²) >= 11 is 0. The van der Waals surface area contributed by atoms with Gasteiger partial charge in [0.1, 0.15) is 23.4 Å². The monoisotopic (exact) mass is 736 g/mol. The first-order valence-corrected chi connectivity index (χ1v) is 21.5. The van der Waals surface area contributed by atoms with Crippen molar-refractivity contribution in [2.75, 3.05) is 0 Å². The molecule has 9 atom stereocenters. The maximum Gasteiger partial charge on any atom is 0.312 e. The van der Waals surface area contributed by atoms with Crippen LogP contribution in [0, 0.1) is 69.5 Å². The molecule has 0 radical (unpaired) electrons. The molecule has 11 rings (SSSR count). The zero-order valence-electron chi connectivity index (χ0n) is 33.1. The van der Waals surface area contributed by atoms with Gasteiger partial charge in [0, 0.05) is 18.3 Å². The Hall–Kier alpha value is -2.16. The van der Waals surface area contributed by atoms with E-state index in [1.54, 1.807) is 0 Å². The van der Waals surface area contributed by atoms with Crippen LogP contribution in [-0.4, -0.2) is 58.0 Å². The molecule has 0 aromatic rings. The quantitative estimate of drug-likeness (QED) is 0.160. The van der Waals surface area contributed by atoms with E-state index in [1.165, 1.54) is 6.42 Å². The van der Waals surface area contributed by atoms with Crippen molar-refractivity contribution >= 4 is 23.9 Å². The summed E-state index contributed by atoms with van der Waals surface area (Å²) in [6.07, 6.45) is 12.7. The van der Waals surface area contributed by atoms with Gasteiger partial charge >= 0.3 is 23.9 Å². The Bertz CT molecular complexity index is 1520. The minimum absolute atomic E-state index is 0.0741. The van der Waals surface area contributed by atoms with Crippen molar-refractivity contribution < 1.29 is 43.2 Å². The highest BCUT2D eigenvalue weighted by Gasteiger charge is 2.65. The Kier molecular flexibility index (Phi) is 8.21. The number of esters is 4. The second-order valence-corrected chi connectivity index (χ2v) is 21.7. The molecule has 1 aliphatic heterocycles. The summed E-state index contributed by atoms with van der Waals surface area (Å²) in [6, 6.07) is 0. The number of aliphatic hydroxyl groups is 1. The van der Waals surface area contributed by atoms with Crippen LogP contribution in [-0.2, 0) is 38.1 Å². The number of rotatable bonds is 12. The largest absolute Gasteiger partial charge is 0.459 e. The van der Waals surface area contributed by atoms with Crippen LogP contribution in [0.1, 0.15) is 151 Å². The molecule has 10 aliphatic carbocycles. The summed E-state index contributed by atoms with van der Waals surface area (Å²) in [6.45, 7) is 11.7. The molecule has 1 saturated heterocycles. The van der Waals surface area contributed by atoms with Gasteiger partial charge in [0.2, 0.25) is 0 Å². The highest BCUT2D eigenvalue weighted by molar-refractivity contribution is 5.83. The fourth-order valence-corrected chi connectivity index (χ4v) is 15.5. The Morgan fingerprint density at radius 3 is 1.96 bits per heavy atom. The van der Waals surface area contributed by atoms with Gasteiger partial charge in [0.25, 0.3) is 0 Å². The summed E-state index contributed by atoms with van der Waals surface area (Å²) in [5.41, 5.74) is -5.28. The van der Waals surface area contributed by atoms with Crippen LogP contribution in [0.15, 0.2) is 0 Å². The highest BCUT2D eigenvalue weighted by atomic mass is 16.6. The van der Waals surface area contributed by atoms with Crippen molar-refractivity contribution in [3.05, 3.63) is 0 Å². The highest BCUT2D eigenvalue weighted by Crippen LogP contribution is 2.63. The molecule has 53 heavy (non-hydrogen) atoms. The van der Waals surface area contributed by atoms with Crippen LogP contribution in [0.25, 0.3) is 0 Å². The van der Waals surface area contributed by atoms with Crippen LogP contribution < -0.4 is 0 Å². The first-order chi connectivity index (χ1) is 24.9. The molecule has 294 valence electrons. The van der Waals surface area contributed by atoms with Crippen LogP contribution in [0.4, 0.5) is 0 Å². The van der Waals surface area contributed by atoms with E-state index in [-0.39, 0.29) is 60.6 Å². The molecule has 11 aliphatic rings. The van der Waals surface area contributed by atoms with E-state index in [4.69, 9.17) is 18.9 Å². The lowest BCUT2D eigenvalue weighted by atomic mass is 9.49. The second-order valence-electron chi connectivity index (χ2n) is 21.7. The maximum atomic E-state index is 15.2. The number of carbonyl (C=O) groups excluding carboxylic acids is 4. The van der Waals surface area contributed by atoms with Crippen molar-refractivity contribution in [1.29, 1.82) is 0 Å². The molecule has 11 fully saturated rings. The molecular weight excluding hydrogens is 672 g/mol. The average Bonchev–Trinajstić information content (AvgIpc) is 3.70. The van der Waals surface area contributed by atoms with Crippen molar-refractivity contribution in [3.63, 3.8) is 0 Å². The molecule has 0 spiro atoms. The standard InChI is InChI=1S/C44H64O9/c1-7-40(5,37(47)51-33-28-15-31-32(16-28)35(45)50-34(31)33)22-41(6,38(48)53-44(8-2)29-11-24-9-25(13-29)14-30(44)12-24)21-39(3,4)36(46)52-43-19-26-10-27(20-43)18-42(49,17-26)23-43/h24-34,49H,7-23H2,1-6H3. The van der Waals surface area contributed by atoms with Crippen LogP contribution in [0.2, 0.25) is 0 Å². The van der Waals surface area contributed by atoms with Gasteiger partial charge in [0.15, 0.2) is 0 Å². The van der Waals surface area contributed by atoms with Gasteiger partial charge in [-0.2, -0.15) is 0 Å². The normalized spacial score (nSPS) is 47.6. The molecule has 1 N–H and O–H groups in total. The van der Waals surface area contributed by atoms with Gasteiger partial charge in [-0.25, -0.2) is 0 Å². The van der Waals surface area contributed by atoms with Gasteiger partial charge in [-0.05, 0) is 166 Å². The summed E-state index contributed by atoms with van der Waals surface area (Å²) in [5.74, 6) is 1.81. The van der Waals surface area contributed by atoms with Gasteiger partial charge in [0.05, 0.1) is 27.8 Å². The fourth-order valence-electron chi connectivity index (χ4n) is 15.5. The van der Waals surface area contributed by atoms with Gasteiger partial charge in [-0.1, -0.05) is 13.8 Å². The SMILES string of the molecule is CCC(C)(CC(C)(CC(C)(C)C(=O)OC12CC3CC(CC(O)(C3)C1)C2)C(=O)OC1(CC)C2CC3CC(C2)CC1C3)C(=O)OC1C2CC3C(=O)OC1C3C2. The summed E-state index contributed by atoms with van der Waals surface area (Å²) in [5, 5.41) is 11.4. The lowest BCUT2D eigenvalue weighted by Gasteiger charge is -2.60. The molecule has 0 amide bonds. The van der Waals surface area contributed by atoms with E-state index < -0.39 is 39.2 Å². The maximum absolute atomic E-state index is 15.2. The predicted molar refractivity (Wildman–Crippen MR) is 194 cm³/mol. The average molecular weight is 737 g/mol. The molecule has 9 heteroatoms. The topological polar surface area (TPSA) is 125 Å². The number of hydrogen-bond donors (Lipinski definition) is 1. The van der Waals surface area contributed by atoms with E-state index in [9.17, 15) is 19.5 Å². The Morgan fingerprint density at radius 2 is 1.38 bits per heavy atom. The van der Waals surface area contributed by atoms with E-state index in [0.29, 0.717) is 42.9 Å². The molecule has 1 heterocycles. The molecular formula is C44H64O9. The number of fused-ring (bicyclic) bond motifs is 1. The fraction of sp³-hybridized carbons (Fsp3) is 0.909. The Balaban J connectivity index is 0.987. The van der Waals surface area contributed by atoms with Gasteiger partial charge in [-0.15, -0.1) is 0 Å². The molecule has 0 aromatic carbocycles. The molecule has 9 unspecified atom stereocenters. The lowest BCUT2D eigenvalue weighted by Crippen LogP contribution is -2.61. The van der Waals surface area contributed by atoms with Crippen LogP contribution in [0.5, 0.6) is 0 Å². The Labute approximate surface area is 315 Å². The van der Waals surface area contributed by atoms with E-state index in [2.05, 4.69) is 6.92 Å². The van der Waals surface area contributed by atoms with Crippen LogP contribution >= 0.6 is 0 Å². The minimum Gasteiger partial charge on any atom is -0.459 e. The van der Waals surface area contributed by atoms with Crippen molar-refractivity contribution in [2.24, 2.45) is 69.5 Å². The smallest absolute Gasteiger partial charge is 0.312 e. The zero-order chi connectivity index (χ0) is 37.5. The minimum atomic E-state index is -1.21. The van der Waals surface area contributed by atoms with E-state index in [0.717, 1.165) is 82.5 Å². The predicted octanol–water partition coefficient (Wildman–Crippen LogP) is 7.48. The summed E-state index contributed by atoms with van der Waals surface area (Å²) < 4.78 is 25.6. The summed E-state index contributed by atoms with van der Waals surface area (Å²) in [7, 11) is 0. The zero-order valence-corrected chi connectivity index (χ0v) is 33.1. The Morgan fingerprint density at radius 1 is 0.755 bits per heavy atom. The van der Waals surface area contributed by atoms with E-state index in [1.807, 2.05) is 34.6 Å². The number of carbonyl (C=O) groups is 4. The summed E-state index contributed by atoms with van der Waals surface area (Å²) in [4.78, 5) is 56.5. The first-order valence-electron chi connectivity index (χ1n) is 21.5. The van der Waals surface area contributed by atoms with Gasteiger partial charge in [-0.3, -0.25) is 19.2 Å². The third kappa shape index (κ3) is 5.67. The third-order valence-electron chi connectivity index (χ3n) is 17.2.